The van der Waals surface area contributed by atoms with E-state index in [1.807, 2.05) is 0 Å². The van der Waals surface area contributed by atoms with Gasteiger partial charge in [-0.25, -0.2) is 9.59 Å². The topological polar surface area (TPSA) is 255 Å². The van der Waals surface area contributed by atoms with Crippen molar-refractivity contribution in [3.63, 3.8) is 0 Å². The van der Waals surface area contributed by atoms with E-state index in [9.17, 15) is 28.8 Å². The van der Waals surface area contributed by atoms with Crippen LogP contribution in [0.3, 0.4) is 0 Å². The maximum absolute atomic E-state index is 13.8. The number of methoxy groups -OCH3 is 3. The highest BCUT2D eigenvalue weighted by molar-refractivity contribution is 5.88. The Morgan fingerprint density at radius 3 is 1.35 bits per heavy atom. The average Bonchev–Trinajstić information content (AvgIpc) is 3.85. The Kier molecular flexibility index (Phi) is 16.3. The molecule has 4 saturated heterocycles. The van der Waals surface area contributed by atoms with Crippen molar-refractivity contribution >= 4 is 35.7 Å². The van der Waals surface area contributed by atoms with Gasteiger partial charge in [0.25, 0.3) is 0 Å². The van der Waals surface area contributed by atoms with E-state index in [4.69, 9.17) is 47.4 Å². The molecule has 21 heteroatoms. The van der Waals surface area contributed by atoms with Crippen LogP contribution in [0.15, 0.2) is 0 Å². The highest BCUT2D eigenvalue weighted by Crippen LogP contribution is 2.42. The predicted molar refractivity (Wildman–Crippen MR) is 207 cm³/mol. The molecular weight excluding hydrogens is 794 g/mol. The first-order chi connectivity index (χ1) is 27.9. The van der Waals surface area contributed by atoms with E-state index < -0.39 is 132 Å². The Morgan fingerprint density at radius 1 is 0.583 bits per heavy atom. The highest BCUT2D eigenvalue weighted by atomic mass is 16.8. The molecule has 4 fully saturated rings. The summed E-state index contributed by atoms with van der Waals surface area (Å²) in [6, 6.07) is -4.70. The van der Waals surface area contributed by atoms with Crippen LogP contribution in [0.2, 0.25) is 0 Å². The lowest BCUT2D eigenvalue weighted by Crippen LogP contribution is -2.55. The third-order valence-electron chi connectivity index (χ3n) is 10.2. The molecule has 0 aromatic heterocycles. The second kappa shape index (κ2) is 20.0. The number of hydrogen-bond donors (Lipinski definition) is 5. The summed E-state index contributed by atoms with van der Waals surface area (Å²) in [5.74, 6) is -4.76. The fourth-order valence-corrected chi connectivity index (χ4v) is 7.51. The van der Waals surface area contributed by atoms with E-state index in [1.54, 1.807) is 48.5 Å². The summed E-state index contributed by atoms with van der Waals surface area (Å²) in [6.45, 7) is 16.5. The van der Waals surface area contributed by atoms with Crippen molar-refractivity contribution < 1.29 is 76.1 Å². The number of fused-ring (bicyclic) bond motifs is 2. The summed E-state index contributed by atoms with van der Waals surface area (Å²) in [7, 11) is 4.11. The summed E-state index contributed by atoms with van der Waals surface area (Å²) >= 11 is 0. The van der Waals surface area contributed by atoms with Crippen molar-refractivity contribution in [1.29, 1.82) is 0 Å². The molecule has 4 rings (SSSR count). The summed E-state index contributed by atoms with van der Waals surface area (Å²) in [5.41, 5.74) is -0.793. The van der Waals surface area contributed by atoms with Crippen LogP contribution in [0, 0.1) is 0 Å². The maximum atomic E-state index is 13.8. The van der Waals surface area contributed by atoms with Gasteiger partial charge in [0.05, 0.1) is 19.2 Å². The van der Waals surface area contributed by atoms with Gasteiger partial charge in [-0.1, -0.05) is 0 Å². The lowest BCUT2D eigenvalue weighted by atomic mass is 9.98. The van der Waals surface area contributed by atoms with Gasteiger partial charge in [-0.05, 0) is 82.1 Å². The number of hydrogen-bond acceptors (Lipinski definition) is 16. The second-order valence-corrected chi connectivity index (χ2v) is 17.3. The van der Waals surface area contributed by atoms with E-state index in [0.717, 1.165) is 0 Å². The quantitative estimate of drug-likeness (QED) is 0.117. The van der Waals surface area contributed by atoms with Gasteiger partial charge in [-0.2, -0.15) is 0 Å². The van der Waals surface area contributed by atoms with Gasteiger partial charge in [-0.3, -0.25) is 19.2 Å². The molecule has 0 saturated carbocycles. The number of nitrogens with one attached hydrogen (secondary N) is 5. The number of rotatable bonds is 18. The summed E-state index contributed by atoms with van der Waals surface area (Å²) < 4.78 is 57.7. The number of esters is 1. The molecule has 0 bridgehead atoms. The highest BCUT2D eigenvalue weighted by Gasteiger charge is 2.59. The van der Waals surface area contributed by atoms with Crippen LogP contribution in [0.5, 0.6) is 0 Å². The van der Waals surface area contributed by atoms with Crippen LogP contribution < -0.4 is 26.6 Å². The molecule has 5 amide bonds. The molecule has 0 spiro atoms. The van der Waals surface area contributed by atoms with E-state index in [-0.39, 0.29) is 25.7 Å². The van der Waals surface area contributed by atoms with Gasteiger partial charge >= 0.3 is 12.1 Å². The minimum atomic E-state index is -1.08. The monoisotopic (exact) mass is 859 g/mol. The first-order valence-corrected chi connectivity index (χ1v) is 20.2. The van der Waals surface area contributed by atoms with Crippen LogP contribution in [-0.4, -0.2) is 154 Å². The van der Waals surface area contributed by atoms with Crippen LogP contribution >= 0.6 is 0 Å². The third kappa shape index (κ3) is 12.9. The van der Waals surface area contributed by atoms with Crippen LogP contribution in [0.1, 0.15) is 94.9 Å². The minimum absolute atomic E-state index is 0.0193. The Bertz CT molecular complexity index is 1560. The zero-order valence-corrected chi connectivity index (χ0v) is 36.9. The minimum Gasteiger partial charge on any atom is -0.467 e. The molecule has 4 aliphatic heterocycles. The van der Waals surface area contributed by atoms with Crippen molar-refractivity contribution in [2.75, 3.05) is 21.3 Å². The number of carbonyl (C=O) groups is 6. The van der Waals surface area contributed by atoms with E-state index in [0.29, 0.717) is 0 Å². The van der Waals surface area contributed by atoms with Gasteiger partial charge in [-0.15, -0.1) is 0 Å². The molecule has 5 N–H and O–H groups in total. The van der Waals surface area contributed by atoms with Crippen molar-refractivity contribution in [2.24, 2.45) is 0 Å². The van der Waals surface area contributed by atoms with Crippen molar-refractivity contribution in [3.8, 4) is 0 Å². The van der Waals surface area contributed by atoms with Gasteiger partial charge < -0.3 is 74.0 Å². The van der Waals surface area contributed by atoms with Crippen molar-refractivity contribution in [2.45, 2.75) is 192 Å². The fourth-order valence-electron chi connectivity index (χ4n) is 7.51. The Labute approximate surface area is 350 Å². The summed E-state index contributed by atoms with van der Waals surface area (Å²) in [6.07, 6.45) is -6.97. The molecular formula is C39H65N5O16. The van der Waals surface area contributed by atoms with Crippen molar-refractivity contribution in [1.82, 2.24) is 26.6 Å². The normalized spacial score (nSPS) is 30.1. The molecule has 0 aliphatic carbocycles. The molecule has 4 heterocycles. The van der Waals surface area contributed by atoms with Crippen LogP contribution in [0.25, 0.3) is 0 Å². The molecule has 0 aromatic carbocycles. The standard InChI is InChI=1S/C39H65N5O16/c1-18(31(47)43-21(15-17-24(46)41-20(3)33(49)51-11)25-27-29(34(52-12)54-25)58-38(7,8)56-27)40-23(45)16-14-22(44-32(48)19(2)42-36(50)60-37(4,5)6)26-28-30(35(53-13)55-26)59-39(9,10)57-28/h18-22,25-30,34-35H,14-17H2,1-13H3,(H,40,45)(H,41,46)(H,42,50)(H,43,47)(H,44,48)/t18-,19-,20-,21-,22-,25+,26+,27-,28-,29-,30-,34-,35-/m0/s1. The molecule has 60 heavy (non-hydrogen) atoms. The zero-order chi connectivity index (χ0) is 44.9. The molecule has 342 valence electrons. The Hall–Kier alpha value is -3.70. The van der Waals surface area contributed by atoms with Crippen LogP contribution in [-0.2, 0) is 71.3 Å². The van der Waals surface area contributed by atoms with Gasteiger partial charge in [0, 0.05) is 27.1 Å². The lowest BCUT2D eigenvalue weighted by Gasteiger charge is -2.31. The number of amides is 5. The smallest absolute Gasteiger partial charge is 0.408 e. The largest absolute Gasteiger partial charge is 0.467 e. The fraction of sp³-hybridized carbons (Fsp3) is 0.846. The van der Waals surface area contributed by atoms with Gasteiger partial charge in [0.1, 0.15) is 60.4 Å². The van der Waals surface area contributed by atoms with Gasteiger partial charge in [0.2, 0.25) is 23.6 Å². The lowest BCUT2D eigenvalue weighted by molar-refractivity contribution is -0.230. The molecule has 13 atom stereocenters. The Morgan fingerprint density at radius 2 is 0.967 bits per heavy atom. The molecule has 0 unspecified atom stereocenters. The first kappa shape index (κ1) is 49.0. The number of alkyl carbamates (subject to hydrolysis) is 1. The first-order valence-electron chi connectivity index (χ1n) is 20.2. The second-order valence-electron chi connectivity index (χ2n) is 17.3. The predicted octanol–water partition coefficient (Wildman–Crippen LogP) is 0.395. The maximum Gasteiger partial charge on any atom is 0.408 e. The molecule has 4 aliphatic rings. The molecule has 0 radical (unpaired) electrons. The summed E-state index contributed by atoms with van der Waals surface area (Å²) in [4.78, 5) is 77.9. The van der Waals surface area contributed by atoms with Crippen LogP contribution in [0.4, 0.5) is 4.79 Å². The summed E-state index contributed by atoms with van der Waals surface area (Å²) in [5, 5.41) is 13.6. The Balaban J connectivity index is 1.45. The van der Waals surface area contributed by atoms with E-state index in [2.05, 4.69) is 26.6 Å². The van der Waals surface area contributed by atoms with Gasteiger partial charge in [0.15, 0.2) is 24.2 Å². The van der Waals surface area contributed by atoms with E-state index in [1.165, 1.54) is 42.1 Å². The third-order valence-corrected chi connectivity index (χ3v) is 10.2. The van der Waals surface area contributed by atoms with E-state index >= 15 is 0 Å². The molecule has 21 nitrogen and oxygen atoms in total. The molecule has 0 aromatic rings. The number of carbonyl (C=O) groups excluding carboxylic acids is 6. The SMILES string of the molecule is COC(=O)[C@H](C)NC(=O)CC[C@H](NC(=O)[C@H](C)NC(=O)CC[C@H](NC(=O)[C@H](C)NC(=O)OC(C)(C)C)[C@H]1O[C@H](OC)[C@H]2OC(C)(C)O[C@H]21)[C@H]1O[C@H](OC)[C@H]2OC(C)(C)O[C@H]21. The van der Waals surface area contributed by atoms with Crippen molar-refractivity contribution in [3.05, 3.63) is 0 Å². The average molecular weight is 860 g/mol. The number of ether oxygens (including phenoxy) is 10. The zero-order valence-electron chi connectivity index (χ0n) is 36.9.